The molecule has 0 spiro atoms. The van der Waals surface area contributed by atoms with Gasteiger partial charge in [0.15, 0.2) is 11.0 Å². The van der Waals surface area contributed by atoms with Crippen LogP contribution in [0.4, 0.5) is 0 Å². The smallest absolute Gasteiger partial charge is 0.230 e. The fraction of sp³-hybridized carbons (Fsp3) is 0.609. The van der Waals surface area contributed by atoms with Crippen LogP contribution in [0.15, 0.2) is 29.4 Å². The molecule has 1 saturated heterocycles. The summed E-state index contributed by atoms with van der Waals surface area (Å²) in [5, 5.41) is 13.1. The van der Waals surface area contributed by atoms with Gasteiger partial charge in [-0.15, -0.1) is 33.4 Å². The van der Waals surface area contributed by atoms with Crippen LogP contribution in [0.1, 0.15) is 38.5 Å². The number of benzene rings is 1. The normalized spacial score (nSPS) is 24.0. The standard InChI is InChI=1S/C23H30Cl3N5OS/c24-17-9-7-16(8-10-17)22-28-29-23(31(22)14-13-30-11-2-1-3-12-30)33-15-20(32)27-21-18(25)5-4-6-19(21)26/h7-10,18-19,21H,1-6,11-15H2,(H,27,32). The Hall–Kier alpha value is -0.990. The van der Waals surface area contributed by atoms with Crippen molar-refractivity contribution in [2.45, 2.75) is 67.0 Å². The third-order valence-corrected chi connectivity index (χ3v) is 8.51. The van der Waals surface area contributed by atoms with Gasteiger partial charge >= 0.3 is 0 Å². The topological polar surface area (TPSA) is 63.1 Å². The fourth-order valence-corrected chi connectivity index (χ4v) is 6.23. The van der Waals surface area contributed by atoms with Crippen LogP contribution in [-0.2, 0) is 11.3 Å². The first-order valence-electron chi connectivity index (χ1n) is 11.6. The number of hydrogen-bond donors (Lipinski definition) is 1. The van der Waals surface area contributed by atoms with E-state index >= 15 is 0 Å². The van der Waals surface area contributed by atoms with E-state index in [1.54, 1.807) is 0 Å². The summed E-state index contributed by atoms with van der Waals surface area (Å²) in [5.74, 6) is 0.953. The third-order valence-electron chi connectivity index (χ3n) is 6.31. The van der Waals surface area contributed by atoms with Crippen LogP contribution in [0.3, 0.4) is 0 Å². The number of carbonyl (C=O) groups is 1. The van der Waals surface area contributed by atoms with Crippen molar-refractivity contribution in [3.05, 3.63) is 29.3 Å². The molecule has 2 atom stereocenters. The van der Waals surface area contributed by atoms with Gasteiger partial charge in [-0.25, -0.2) is 0 Å². The van der Waals surface area contributed by atoms with E-state index in [0.717, 1.165) is 62.0 Å². The first-order chi connectivity index (χ1) is 16.0. The summed E-state index contributed by atoms with van der Waals surface area (Å²) in [7, 11) is 0. The Labute approximate surface area is 214 Å². The highest BCUT2D eigenvalue weighted by atomic mass is 35.5. The Bertz CT molecular complexity index is 909. The van der Waals surface area contributed by atoms with Gasteiger partial charge in [-0.3, -0.25) is 4.79 Å². The predicted octanol–water partition coefficient (Wildman–Crippen LogP) is 5.06. The highest BCUT2D eigenvalue weighted by Crippen LogP contribution is 2.28. The predicted molar refractivity (Wildman–Crippen MR) is 137 cm³/mol. The average Bonchev–Trinajstić information content (AvgIpc) is 3.23. The molecule has 1 aromatic carbocycles. The molecule has 1 aromatic heterocycles. The minimum atomic E-state index is -0.197. The van der Waals surface area contributed by atoms with Crippen LogP contribution < -0.4 is 5.32 Å². The van der Waals surface area contributed by atoms with Crippen LogP contribution in [0.25, 0.3) is 11.4 Å². The largest absolute Gasteiger partial charge is 0.350 e. The number of halogens is 3. The van der Waals surface area contributed by atoms with E-state index in [4.69, 9.17) is 34.8 Å². The molecule has 10 heteroatoms. The third kappa shape index (κ3) is 6.79. The molecule has 2 heterocycles. The van der Waals surface area contributed by atoms with Gasteiger partial charge in [-0.1, -0.05) is 36.2 Å². The first kappa shape index (κ1) is 25.1. The van der Waals surface area contributed by atoms with Crippen molar-refractivity contribution in [3.8, 4) is 11.4 Å². The number of nitrogens with one attached hydrogen (secondary N) is 1. The van der Waals surface area contributed by atoms with Crippen molar-refractivity contribution in [2.24, 2.45) is 0 Å². The molecule has 1 aliphatic carbocycles. The van der Waals surface area contributed by atoms with Gasteiger partial charge in [0, 0.05) is 23.7 Å². The molecule has 1 saturated carbocycles. The first-order valence-corrected chi connectivity index (χ1v) is 13.9. The van der Waals surface area contributed by atoms with E-state index in [9.17, 15) is 4.79 Å². The molecule has 180 valence electrons. The fourth-order valence-electron chi connectivity index (χ4n) is 4.47. The zero-order valence-electron chi connectivity index (χ0n) is 18.6. The number of alkyl halides is 2. The molecule has 2 aliphatic rings. The molecular weight excluding hydrogens is 501 g/mol. The summed E-state index contributed by atoms with van der Waals surface area (Å²) >= 11 is 20.3. The maximum atomic E-state index is 12.7. The van der Waals surface area contributed by atoms with Crippen molar-refractivity contribution in [2.75, 3.05) is 25.4 Å². The lowest BCUT2D eigenvalue weighted by atomic mass is 9.94. The molecule has 4 rings (SSSR count). The molecule has 1 aliphatic heterocycles. The Morgan fingerprint density at radius 1 is 1.00 bits per heavy atom. The lowest BCUT2D eigenvalue weighted by molar-refractivity contribution is -0.119. The SMILES string of the molecule is O=C(CSc1nnc(-c2ccc(Cl)cc2)n1CCN1CCCCC1)NC1C(Cl)CCCC1Cl. The summed E-state index contributed by atoms with van der Waals surface area (Å²) in [5.41, 5.74) is 0.957. The number of aromatic nitrogens is 3. The van der Waals surface area contributed by atoms with Crippen molar-refractivity contribution >= 4 is 52.5 Å². The van der Waals surface area contributed by atoms with Gasteiger partial charge in [0.05, 0.1) is 22.5 Å². The summed E-state index contributed by atoms with van der Waals surface area (Å²) in [4.78, 5) is 15.2. The molecule has 0 radical (unpaired) electrons. The summed E-state index contributed by atoms with van der Waals surface area (Å²) in [6, 6.07) is 7.42. The van der Waals surface area contributed by atoms with Crippen LogP contribution in [-0.4, -0.2) is 67.8 Å². The summed E-state index contributed by atoms with van der Waals surface area (Å²) in [6.07, 6.45) is 6.55. The van der Waals surface area contributed by atoms with Crippen LogP contribution in [0, 0.1) is 0 Å². The number of hydrogen-bond acceptors (Lipinski definition) is 5. The van der Waals surface area contributed by atoms with E-state index in [1.807, 2.05) is 24.3 Å². The van der Waals surface area contributed by atoms with E-state index < -0.39 is 0 Å². The molecular formula is C23H30Cl3N5OS. The summed E-state index contributed by atoms with van der Waals surface area (Å²) in [6.45, 7) is 3.96. The Balaban J connectivity index is 1.44. The molecule has 2 aromatic rings. The molecule has 1 N–H and O–H groups in total. The number of rotatable bonds is 8. The zero-order valence-corrected chi connectivity index (χ0v) is 21.6. The maximum absolute atomic E-state index is 12.7. The van der Waals surface area contributed by atoms with Gasteiger partial charge in [-0.2, -0.15) is 0 Å². The summed E-state index contributed by atoms with van der Waals surface area (Å²) < 4.78 is 2.12. The number of thioether (sulfide) groups is 1. The van der Waals surface area contributed by atoms with Crippen LogP contribution in [0.5, 0.6) is 0 Å². The minimum absolute atomic E-state index is 0.0816. The van der Waals surface area contributed by atoms with E-state index in [1.165, 1.54) is 31.0 Å². The Morgan fingerprint density at radius 3 is 2.39 bits per heavy atom. The molecule has 2 unspecified atom stereocenters. The minimum Gasteiger partial charge on any atom is -0.350 e. The Kier molecular flexibility index (Phi) is 9.22. The van der Waals surface area contributed by atoms with Gasteiger partial charge in [0.1, 0.15) is 0 Å². The zero-order chi connectivity index (χ0) is 23.2. The highest BCUT2D eigenvalue weighted by molar-refractivity contribution is 7.99. The van der Waals surface area contributed by atoms with Crippen molar-refractivity contribution < 1.29 is 4.79 Å². The molecule has 0 bridgehead atoms. The van der Waals surface area contributed by atoms with E-state index in [0.29, 0.717) is 5.02 Å². The lowest BCUT2D eigenvalue weighted by Crippen LogP contribution is -2.49. The second-order valence-corrected chi connectivity index (χ2v) is 11.2. The second kappa shape index (κ2) is 12.1. The van der Waals surface area contributed by atoms with Gasteiger partial charge in [-0.05, 0) is 63.0 Å². The van der Waals surface area contributed by atoms with E-state index in [2.05, 4.69) is 25.0 Å². The number of likely N-dealkylation sites (tertiary alicyclic amines) is 1. The maximum Gasteiger partial charge on any atom is 0.230 e. The second-order valence-electron chi connectivity index (χ2n) is 8.71. The average molecular weight is 531 g/mol. The molecule has 6 nitrogen and oxygen atoms in total. The van der Waals surface area contributed by atoms with E-state index in [-0.39, 0.29) is 28.5 Å². The number of nitrogens with zero attached hydrogens (tertiary/aromatic N) is 4. The number of carbonyl (C=O) groups excluding carboxylic acids is 1. The van der Waals surface area contributed by atoms with Gasteiger partial charge in [0.2, 0.25) is 5.91 Å². The molecule has 33 heavy (non-hydrogen) atoms. The van der Waals surface area contributed by atoms with Crippen molar-refractivity contribution in [1.82, 2.24) is 25.0 Å². The Morgan fingerprint density at radius 2 is 1.70 bits per heavy atom. The quantitative estimate of drug-likeness (QED) is 0.382. The molecule has 2 fully saturated rings. The number of amides is 1. The van der Waals surface area contributed by atoms with Crippen LogP contribution in [0.2, 0.25) is 5.02 Å². The van der Waals surface area contributed by atoms with Crippen molar-refractivity contribution in [3.63, 3.8) is 0 Å². The van der Waals surface area contributed by atoms with Gasteiger partial charge < -0.3 is 14.8 Å². The van der Waals surface area contributed by atoms with Gasteiger partial charge in [0.25, 0.3) is 0 Å². The van der Waals surface area contributed by atoms with Crippen LogP contribution >= 0.6 is 46.6 Å². The number of piperidine rings is 1. The molecule has 1 amide bonds. The van der Waals surface area contributed by atoms with Crippen molar-refractivity contribution in [1.29, 1.82) is 0 Å². The monoisotopic (exact) mass is 529 g/mol. The highest BCUT2D eigenvalue weighted by Gasteiger charge is 2.32. The lowest BCUT2D eigenvalue weighted by Gasteiger charge is -2.32.